The number of para-hydroxylation sites is 1. The maximum absolute atomic E-state index is 12.1. The molecule has 126 valence electrons. The number of benzene rings is 2. The van der Waals surface area contributed by atoms with Crippen molar-refractivity contribution in [3.05, 3.63) is 48.0 Å². The van der Waals surface area contributed by atoms with E-state index in [4.69, 9.17) is 14.2 Å². The number of hydrogen-bond acceptors (Lipinski definition) is 4. The summed E-state index contributed by atoms with van der Waals surface area (Å²) in [5, 5.41) is 2.82. The van der Waals surface area contributed by atoms with Crippen molar-refractivity contribution in [1.29, 1.82) is 0 Å². The molecule has 1 heterocycles. The standard InChI is InChI=1S/C19H21NO4/c1-2-14-6-3-4-7-16(14)24-13-19(21)20-15-8-9-17-18(12-15)23-11-5-10-22-17/h3-4,6-9,12H,2,5,10-11,13H2,1H3,(H,20,21). The number of amides is 1. The molecule has 0 fully saturated rings. The molecule has 0 aliphatic carbocycles. The number of carbonyl (C=O) groups excluding carboxylic acids is 1. The van der Waals surface area contributed by atoms with Crippen LogP contribution in [0.2, 0.25) is 0 Å². The Morgan fingerprint density at radius 3 is 2.75 bits per heavy atom. The van der Waals surface area contributed by atoms with Crippen LogP contribution in [0, 0.1) is 0 Å². The fourth-order valence-corrected chi connectivity index (χ4v) is 2.52. The van der Waals surface area contributed by atoms with Crippen LogP contribution in [0.1, 0.15) is 18.9 Å². The van der Waals surface area contributed by atoms with Gasteiger partial charge in [0.25, 0.3) is 5.91 Å². The van der Waals surface area contributed by atoms with E-state index in [0.29, 0.717) is 30.4 Å². The van der Waals surface area contributed by atoms with Crippen LogP contribution in [0.15, 0.2) is 42.5 Å². The van der Waals surface area contributed by atoms with Gasteiger partial charge in [0.2, 0.25) is 0 Å². The van der Waals surface area contributed by atoms with E-state index in [9.17, 15) is 4.79 Å². The number of aryl methyl sites for hydroxylation is 1. The Labute approximate surface area is 141 Å². The molecule has 0 unspecified atom stereocenters. The van der Waals surface area contributed by atoms with E-state index in [-0.39, 0.29) is 12.5 Å². The highest BCUT2D eigenvalue weighted by molar-refractivity contribution is 5.92. The lowest BCUT2D eigenvalue weighted by Gasteiger charge is -2.12. The van der Waals surface area contributed by atoms with Gasteiger partial charge in [0.15, 0.2) is 18.1 Å². The Morgan fingerprint density at radius 2 is 1.92 bits per heavy atom. The Morgan fingerprint density at radius 1 is 1.12 bits per heavy atom. The van der Waals surface area contributed by atoms with Gasteiger partial charge in [-0.3, -0.25) is 4.79 Å². The first-order valence-electron chi connectivity index (χ1n) is 8.16. The van der Waals surface area contributed by atoms with Crippen molar-refractivity contribution in [3.63, 3.8) is 0 Å². The summed E-state index contributed by atoms with van der Waals surface area (Å²) in [6.07, 6.45) is 1.71. The quantitative estimate of drug-likeness (QED) is 0.914. The van der Waals surface area contributed by atoms with Crippen LogP contribution in [-0.4, -0.2) is 25.7 Å². The van der Waals surface area contributed by atoms with Gasteiger partial charge in [-0.2, -0.15) is 0 Å². The zero-order valence-electron chi connectivity index (χ0n) is 13.7. The van der Waals surface area contributed by atoms with E-state index in [1.807, 2.05) is 30.3 Å². The Kier molecular flexibility index (Phi) is 5.21. The molecule has 0 bridgehead atoms. The van der Waals surface area contributed by atoms with E-state index >= 15 is 0 Å². The second-order valence-electron chi connectivity index (χ2n) is 5.51. The van der Waals surface area contributed by atoms with Crippen molar-refractivity contribution >= 4 is 11.6 Å². The highest BCUT2D eigenvalue weighted by Gasteiger charge is 2.12. The summed E-state index contributed by atoms with van der Waals surface area (Å²) in [5.41, 5.74) is 1.75. The van der Waals surface area contributed by atoms with Crippen molar-refractivity contribution in [3.8, 4) is 17.2 Å². The van der Waals surface area contributed by atoms with Crippen molar-refractivity contribution in [2.24, 2.45) is 0 Å². The largest absolute Gasteiger partial charge is 0.490 e. The van der Waals surface area contributed by atoms with Gasteiger partial charge < -0.3 is 19.5 Å². The third-order valence-corrected chi connectivity index (χ3v) is 3.74. The van der Waals surface area contributed by atoms with E-state index in [0.717, 1.165) is 24.2 Å². The zero-order chi connectivity index (χ0) is 16.8. The lowest BCUT2D eigenvalue weighted by molar-refractivity contribution is -0.118. The fourth-order valence-electron chi connectivity index (χ4n) is 2.52. The highest BCUT2D eigenvalue weighted by Crippen LogP contribution is 2.32. The first-order chi connectivity index (χ1) is 11.8. The lowest BCUT2D eigenvalue weighted by atomic mass is 10.1. The molecule has 1 N–H and O–H groups in total. The average molecular weight is 327 g/mol. The van der Waals surface area contributed by atoms with E-state index in [1.165, 1.54) is 0 Å². The summed E-state index contributed by atoms with van der Waals surface area (Å²) in [6, 6.07) is 13.1. The second-order valence-corrected chi connectivity index (χ2v) is 5.51. The first-order valence-corrected chi connectivity index (χ1v) is 8.16. The molecule has 2 aromatic carbocycles. The Bertz CT molecular complexity index is 714. The van der Waals surface area contributed by atoms with Crippen molar-refractivity contribution in [1.82, 2.24) is 0 Å². The monoisotopic (exact) mass is 327 g/mol. The molecule has 5 heteroatoms. The zero-order valence-corrected chi connectivity index (χ0v) is 13.7. The molecular weight excluding hydrogens is 306 g/mol. The maximum Gasteiger partial charge on any atom is 0.262 e. The van der Waals surface area contributed by atoms with Crippen LogP contribution in [0.25, 0.3) is 0 Å². The molecule has 0 spiro atoms. The molecule has 0 aromatic heterocycles. The van der Waals surface area contributed by atoms with Gasteiger partial charge in [-0.05, 0) is 30.2 Å². The van der Waals surface area contributed by atoms with Gasteiger partial charge in [0.1, 0.15) is 5.75 Å². The predicted octanol–water partition coefficient (Wildman–Crippen LogP) is 3.43. The number of ether oxygens (including phenoxy) is 3. The van der Waals surface area contributed by atoms with Gasteiger partial charge in [-0.1, -0.05) is 25.1 Å². The third kappa shape index (κ3) is 3.98. The molecule has 5 nitrogen and oxygen atoms in total. The van der Waals surface area contributed by atoms with Gasteiger partial charge in [0, 0.05) is 18.2 Å². The summed E-state index contributed by atoms with van der Waals surface area (Å²) in [5.74, 6) is 1.89. The molecule has 0 saturated carbocycles. The second kappa shape index (κ2) is 7.73. The molecule has 3 rings (SSSR count). The highest BCUT2D eigenvalue weighted by atomic mass is 16.5. The molecule has 1 aliphatic heterocycles. The fraction of sp³-hybridized carbons (Fsp3) is 0.316. The van der Waals surface area contributed by atoms with Crippen molar-refractivity contribution < 1.29 is 19.0 Å². The van der Waals surface area contributed by atoms with Gasteiger partial charge in [-0.15, -0.1) is 0 Å². The summed E-state index contributed by atoms with van der Waals surface area (Å²) in [7, 11) is 0. The number of rotatable bonds is 5. The lowest BCUT2D eigenvalue weighted by Crippen LogP contribution is -2.20. The van der Waals surface area contributed by atoms with Crippen LogP contribution in [0.5, 0.6) is 17.2 Å². The molecule has 24 heavy (non-hydrogen) atoms. The van der Waals surface area contributed by atoms with E-state index in [1.54, 1.807) is 12.1 Å². The Balaban J connectivity index is 1.60. The van der Waals surface area contributed by atoms with Crippen molar-refractivity contribution in [2.75, 3.05) is 25.1 Å². The molecule has 0 atom stereocenters. The van der Waals surface area contributed by atoms with Crippen molar-refractivity contribution in [2.45, 2.75) is 19.8 Å². The minimum atomic E-state index is -0.213. The topological polar surface area (TPSA) is 56.8 Å². The molecule has 0 radical (unpaired) electrons. The number of hydrogen-bond donors (Lipinski definition) is 1. The smallest absolute Gasteiger partial charge is 0.262 e. The molecule has 1 aliphatic rings. The number of fused-ring (bicyclic) bond motifs is 1. The average Bonchev–Trinajstić information content (AvgIpc) is 2.85. The molecule has 2 aromatic rings. The predicted molar refractivity (Wildman–Crippen MR) is 92.0 cm³/mol. The summed E-state index contributed by atoms with van der Waals surface area (Å²) < 4.78 is 16.8. The minimum absolute atomic E-state index is 0.0363. The minimum Gasteiger partial charge on any atom is -0.490 e. The Hall–Kier alpha value is -2.69. The van der Waals surface area contributed by atoms with Gasteiger partial charge in [0.05, 0.1) is 13.2 Å². The van der Waals surface area contributed by atoms with Gasteiger partial charge >= 0.3 is 0 Å². The van der Waals surface area contributed by atoms with Gasteiger partial charge in [-0.25, -0.2) is 0 Å². The molecule has 0 saturated heterocycles. The van der Waals surface area contributed by atoms with Crippen LogP contribution in [0.4, 0.5) is 5.69 Å². The summed E-state index contributed by atoms with van der Waals surface area (Å²) in [4.78, 5) is 12.1. The SMILES string of the molecule is CCc1ccccc1OCC(=O)Nc1ccc2c(c1)OCCCO2. The summed E-state index contributed by atoms with van der Waals surface area (Å²) in [6.45, 7) is 3.27. The first kappa shape index (κ1) is 16.2. The number of nitrogens with one attached hydrogen (secondary N) is 1. The number of carbonyl (C=O) groups is 1. The normalized spacial score (nSPS) is 13.0. The van der Waals surface area contributed by atoms with E-state index in [2.05, 4.69) is 12.2 Å². The van der Waals surface area contributed by atoms with E-state index < -0.39 is 0 Å². The van der Waals surface area contributed by atoms with Crippen LogP contribution in [0.3, 0.4) is 0 Å². The van der Waals surface area contributed by atoms with Crippen LogP contribution < -0.4 is 19.5 Å². The number of anilines is 1. The molecular formula is C19H21NO4. The molecule has 1 amide bonds. The third-order valence-electron chi connectivity index (χ3n) is 3.74. The maximum atomic E-state index is 12.1. The summed E-state index contributed by atoms with van der Waals surface area (Å²) >= 11 is 0. The van der Waals surface area contributed by atoms with Crippen LogP contribution in [-0.2, 0) is 11.2 Å². The van der Waals surface area contributed by atoms with Crippen LogP contribution >= 0.6 is 0 Å².